The van der Waals surface area contributed by atoms with E-state index >= 15 is 0 Å². The Morgan fingerprint density at radius 2 is 2.58 bits per heavy atom. The molecule has 0 saturated heterocycles. The second-order valence-electron chi connectivity index (χ2n) is 2.29. The van der Waals surface area contributed by atoms with Gasteiger partial charge in [0.15, 0.2) is 6.54 Å². The maximum absolute atomic E-state index is 10.8. The molecule has 0 aliphatic carbocycles. The molecule has 1 aromatic rings. The zero-order valence-electron chi connectivity index (χ0n) is 6.93. The predicted octanol–water partition coefficient (Wildman–Crippen LogP) is 0.0491. The predicted molar refractivity (Wildman–Crippen MR) is 43.0 cm³/mol. The van der Waals surface area contributed by atoms with Gasteiger partial charge in [-0.15, -0.1) is 0 Å². The maximum atomic E-state index is 10.8. The summed E-state index contributed by atoms with van der Waals surface area (Å²) in [6.07, 6.45) is 6.98. The summed E-state index contributed by atoms with van der Waals surface area (Å²) in [6.45, 7) is 3.81. The number of aromatic nitrogens is 2. The Morgan fingerprint density at radius 1 is 1.83 bits per heavy atom. The second kappa shape index (κ2) is 3.71. The molecule has 0 aliphatic rings. The van der Waals surface area contributed by atoms with E-state index in [2.05, 4.69) is 11.3 Å². The molecule has 1 heterocycles. The first-order valence-electron chi connectivity index (χ1n) is 3.52. The highest BCUT2D eigenvalue weighted by atomic mass is 16.5. The van der Waals surface area contributed by atoms with Crippen molar-refractivity contribution in [3.63, 3.8) is 0 Å². The molecule has 4 nitrogen and oxygen atoms in total. The van der Waals surface area contributed by atoms with Gasteiger partial charge in [0.1, 0.15) is 12.4 Å². The summed E-state index contributed by atoms with van der Waals surface area (Å²) in [5.41, 5.74) is 0. The van der Waals surface area contributed by atoms with Gasteiger partial charge in [-0.3, -0.25) is 0 Å². The molecule has 0 radical (unpaired) electrons. The van der Waals surface area contributed by atoms with E-state index in [1.54, 1.807) is 34.1 Å². The first kappa shape index (κ1) is 8.52. The van der Waals surface area contributed by atoms with Crippen LogP contribution in [0, 0.1) is 0 Å². The van der Waals surface area contributed by atoms with Crippen molar-refractivity contribution in [2.45, 2.75) is 6.54 Å². The molecule has 0 amide bonds. The van der Waals surface area contributed by atoms with Gasteiger partial charge in [0, 0.05) is 0 Å². The van der Waals surface area contributed by atoms with Crippen LogP contribution in [0.25, 0.3) is 6.20 Å². The third-order valence-electron chi connectivity index (χ3n) is 1.46. The van der Waals surface area contributed by atoms with E-state index < -0.39 is 0 Å². The normalized spacial score (nSPS) is 9.42. The van der Waals surface area contributed by atoms with Crippen molar-refractivity contribution in [3.05, 3.63) is 25.3 Å². The highest BCUT2D eigenvalue weighted by Crippen LogP contribution is 1.83. The van der Waals surface area contributed by atoms with Crippen molar-refractivity contribution in [1.29, 1.82) is 0 Å². The first-order valence-corrected chi connectivity index (χ1v) is 3.52. The van der Waals surface area contributed by atoms with Crippen molar-refractivity contribution in [2.75, 3.05) is 7.11 Å². The van der Waals surface area contributed by atoms with Crippen LogP contribution in [-0.4, -0.2) is 17.6 Å². The Balaban J connectivity index is 2.63. The Labute approximate surface area is 70.7 Å². The fraction of sp³-hybridized carbons (Fsp3) is 0.250. The number of hydrogen-bond acceptors (Lipinski definition) is 2. The zero-order valence-corrected chi connectivity index (χ0v) is 6.93. The summed E-state index contributed by atoms with van der Waals surface area (Å²) < 4.78 is 7.97. The molecule has 0 N–H and O–H groups in total. The number of imidazole rings is 1. The average molecular weight is 167 g/mol. The van der Waals surface area contributed by atoms with Gasteiger partial charge in [0.25, 0.3) is 0 Å². The SMILES string of the molecule is C=Cn1cc[n+](CC(=O)OC)c1. The lowest BCUT2D eigenvalue weighted by Gasteiger charge is -1.93. The van der Waals surface area contributed by atoms with Gasteiger partial charge in [-0.2, -0.15) is 0 Å². The minimum Gasteiger partial charge on any atom is -0.466 e. The molecule has 0 atom stereocenters. The highest BCUT2D eigenvalue weighted by molar-refractivity contribution is 5.67. The lowest BCUT2D eigenvalue weighted by atomic mass is 10.6. The Hall–Kier alpha value is -1.58. The first-order chi connectivity index (χ1) is 5.76. The number of carbonyl (C=O) groups excluding carboxylic acids is 1. The summed E-state index contributed by atoms with van der Waals surface area (Å²) in [5.74, 6) is -0.262. The molecule has 0 fully saturated rings. The van der Waals surface area contributed by atoms with Crippen LogP contribution >= 0.6 is 0 Å². The Morgan fingerprint density at radius 3 is 3.08 bits per heavy atom. The molecule has 1 rings (SSSR count). The standard InChI is InChI=1S/C8H11N2O2/c1-3-9-4-5-10(7-9)6-8(11)12-2/h3-5,7H,1,6H2,2H3/q+1. The molecule has 0 aliphatic heterocycles. The molecule has 0 bridgehead atoms. The number of rotatable bonds is 3. The van der Waals surface area contributed by atoms with E-state index in [9.17, 15) is 4.79 Å². The van der Waals surface area contributed by atoms with E-state index in [0.29, 0.717) is 0 Å². The fourth-order valence-corrected chi connectivity index (χ4v) is 0.826. The molecule has 4 heteroatoms. The van der Waals surface area contributed by atoms with Gasteiger partial charge < -0.3 is 4.74 Å². The van der Waals surface area contributed by atoms with Crippen LogP contribution in [0.4, 0.5) is 0 Å². The minimum absolute atomic E-state index is 0.233. The van der Waals surface area contributed by atoms with E-state index in [0.717, 1.165) is 0 Å². The third-order valence-corrected chi connectivity index (χ3v) is 1.46. The Kier molecular flexibility index (Phi) is 2.63. The molecule has 0 unspecified atom stereocenters. The van der Waals surface area contributed by atoms with Crippen LogP contribution in [0.3, 0.4) is 0 Å². The van der Waals surface area contributed by atoms with Crippen LogP contribution in [0.15, 0.2) is 25.3 Å². The van der Waals surface area contributed by atoms with Crippen molar-refractivity contribution in [1.82, 2.24) is 4.57 Å². The summed E-state index contributed by atoms with van der Waals surface area (Å²) in [6, 6.07) is 0. The topological polar surface area (TPSA) is 35.1 Å². The van der Waals surface area contributed by atoms with Crippen LogP contribution in [-0.2, 0) is 16.1 Å². The van der Waals surface area contributed by atoms with Crippen LogP contribution < -0.4 is 4.57 Å². The summed E-state index contributed by atoms with van der Waals surface area (Å²) in [4.78, 5) is 10.8. The van der Waals surface area contributed by atoms with Gasteiger partial charge in [0.2, 0.25) is 6.33 Å². The molecule has 12 heavy (non-hydrogen) atoms. The van der Waals surface area contributed by atoms with E-state index in [1.165, 1.54) is 7.11 Å². The van der Waals surface area contributed by atoms with Gasteiger partial charge in [-0.1, -0.05) is 6.58 Å². The zero-order chi connectivity index (χ0) is 8.97. The average Bonchev–Trinajstić information content (AvgIpc) is 2.52. The number of ether oxygens (including phenoxy) is 1. The van der Waals surface area contributed by atoms with Gasteiger partial charge in [-0.05, 0) is 0 Å². The number of hydrogen-bond donors (Lipinski definition) is 0. The molecular weight excluding hydrogens is 156 g/mol. The molecule has 0 spiro atoms. The number of methoxy groups -OCH3 is 1. The van der Waals surface area contributed by atoms with Gasteiger partial charge in [0.05, 0.1) is 13.3 Å². The third kappa shape index (κ3) is 1.95. The van der Waals surface area contributed by atoms with Crippen LogP contribution in [0.1, 0.15) is 0 Å². The smallest absolute Gasteiger partial charge is 0.348 e. The second-order valence-corrected chi connectivity index (χ2v) is 2.29. The number of esters is 1. The largest absolute Gasteiger partial charge is 0.466 e. The van der Waals surface area contributed by atoms with Crippen molar-refractivity contribution in [3.8, 4) is 0 Å². The van der Waals surface area contributed by atoms with E-state index in [1.807, 2.05) is 0 Å². The van der Waals surface area contributed by atoms with Crippen molar-refractivity contribution < 1.29 is 14.1 Å². The van der Waals surface area contributed by atoms with Crippen LogP contribution in [0.2, 0.25) is 0 Å². The number of nitrogens with zero attached hydrogens (tertiary/aromatic N) is 2. The maximum Gasteiger partial charge on any atom is 0.348 e. The summed E-state index contributed by atoms with van der Waals surface area (Å²) in [7, 11) is 1.37. The summed E-state index contributed by atoms with van der Waals surface area (Å²) in [5, 5.41) is 0. The molecule has 64 valence electrons. The minimum atomic E-state index is -0.262. The van der Waals surface area contributed by atoms with Crippen molar-refractivity contribution >= 4 is 12.2 Å². The van der Waals surface area contributed by atoms with Gasteiger partial charge in [-0.25, -0.2) is 13.9 Å². The van der Waals surface area contributed by atoms with E-state index in [4.69, 9.17) is 0 Å². The number of carbonyl (C=O) groups is 1. The fourth-order valence-electron chi connectivity index (χ4n) is 0.826. The van der Waals surface area contributed by atoms with Crippen molar-refractivity contribution in [2.24, 2.45) is 0 Å². The monoisotopic (exact) mass is 167 g/mol. The van der Waals surface area contributed by atoms with E-state index in [-0.39, 0.29) is 12.5 Å². The molecular formula is C8H11N2O2+. The molecule has 1 aromatic heterocycles. The Bertz CT molecular complexity index is 291. The summed E-state index contributed by atoms with van der Waals surface area (Å²) >= 11 is 0. The lowest BCUT2D eigenvalue weighted by molar-refractivity contribution is -0.685. The van der Waals surface area contributed by atoms with Crippen LogP contribution in [0.5, 0.6) is 0 Å². The van der Waals surface area contributed by atoms with Gasteiger partial charge >= 0.3 is 5.97 Å². The highest BCUT2D eigenvalue weighted by Gasteiger charge is 2.06. The molecule has 0 aromatic carbocycles. The quantitative estimate of drug-likeness (QED) is 0.471. The lowest BCUT2D eigenvalue weighted by Crippen LogP contribution is -2.36. The molecule has 0 saturated carbocycles.